The predicted octanol–water partition coefficient (Wildman–Crippen LogP) is 2.87. The van der Waals surface area contributed by atoms with Gasteiger partial charge in [-0.05, 0) is 30.5 Å². The van der Waals surface area contributed by atoms with Crippen molar-refractivity contribution >= 4 is 40.7 Å². The molecule has 1 saturated heterocycles. The molecular formula is C14H16Cl2N2O2. The Morgan fingerprint density at radius 2 is 2.00 bits per heavy atom. The lowest BCUT2D eigenvalue weighted by Crippen LogP contribution is -2.58. The Balaban J connectivity index is 2.27. The van der Waals surface area contributed by atoms with Gasteiger partial charge in [-0.15, -0.1) is 0 Å². The molecule has 2 amide bonds. The zero-order valence-corrected chi connectivity index (χ0v) is 12.8. The molecule has 1 heterocycles. The molecular weight excluding hydrogens is 299 g/mol. The van der Waals surface area contributed by atoms with Gasteiger partial charge in [0.1, 0.15) is 12.6 Å². The Bertz CT molecular complexity index is 546. The Morgan fingerprint density at radius 1 is 1.30 bits per heavy atom. The first-order valence-corrected chi connectivity index (χ1v) is 7.20. The molecule has 4 nitrogen and oxygen atoms in total. The van der Waals surface area contributed by atoms with Gasteiger partial charge in [0.25, 0.3) is 0 Å². The van der Waals surface area contributed by atoms with E-state index in [-0.39, 0.29) is 18.4 Å². The van der Waals surface area contributed by atoms with Crippen LogP contribution in [-0.2, 0) is 9.59 Å². The number of nitrogens with zero attached hydrogens (tertiary/aromatic N) is 1. The molecule has 0 radical (unpaired) electrons. The van der Waals surface area contributed by atoms with E-state index in [1.807, 2.05) is 13.8 Å². The number of carbonyl (C=O) groups is 2. The first-order valence-electron chi connectivity index (χ1n) is 6.44. The number of piperazine rings is 1. The van der Waals surface area contributed by atoms with Crippen LogP contribution in [0.25, 0.3) is 0 Å². The number of amides is 2. The molecule has 108 valence electrons. The number of benzene rings is 1. The van der Waals surface area contributed by atoms with Gasteiger partial charge in [-0.2, -0.15) is 0 Å². The first kappa shape index (κ1) is 15.1. The highest BCUT2D eigenvalue weighted by molar-refractivity contribution is 6.42. The lowest BCUT2D eigenvalue weighted by Gasteiger charge is -2.33. The van der Waals surface area contributed by atoms with E-state index in [4.69, 9.17) is 23.2 Å². The lowest BCUT2D eigenvalue weighted by molar-refractivity contribution is -0.131. The maximum absolute atomic E-state index is 12.4. The van der Waals surface area contributed by atoms with Crippen LogP contribution in [0, 0.1) is 5.92 Å². The average molecular weight is 315 g/mol. The normalized spacial score (nSPS) is 19.4. The van der Waals surface area contributed by atoms with Crippen LogP contribution in [0.5, 0.6) is 0 Å². The molecule has 0 saturated carbocycles. The second-order valence-electron chi connectivity index (χ2n) is 5.27. The summed E-state index contributed by atoms with van der Waals surface area (Å²) in [5, 5.41) is 3.52. The number of hydrogen-bond donors (Lipinski definition) is 1. The number of carbonyl (C=O) groups excluding carboxylic acids is 2. The molecule has 1 unspecified atom stereocenters. The molecule has 1 N–H and O–H groups in total. The third kappa shape index (κ3) is 3.25. The third-order valence-electron chi connectivity index (χ3n) is 3.12. The summed E-state index contributed by atoms with van der Waals surface area (Å²) in [7, 11) is 0. The largest absolute Gasteiger partial charge is 0.343 e. The van der Waals surface area contributed by atoms with Crippen molar-refractivity contribution in [1.82, 2.24) is 5.32 Å². The fourth-order valence-corrected chi connectivity index (χ4v) is 2.51. The van der Waals surface area contributed by atoms with E-state index in [1.54, 1.807) is 18.2 Å². The number of rotatable bonds is 3. The van der Waals surface area contributed by atoms with Crippen LogP contribution < -0.4 is 10.2 Å². The van der Waals surface area contributed by atoms with Gasteiger partial charge >= 0.3 is 0 Å². The Morgan fingerprint density at radius 3 is 2.60 bits per heavy atom. The van der Waals surface area contributed by atoms with Crippen LogP contribution >= 0.6 is 23.2 Å². The summed E-state index contributed by atoms with van der Waals surface area (Å²) in [6.45, 7) is 4.03. The molecule has 1 aliphatic rings. The van der Waals surface area contributed by atoms with Gasteiger partial charge in [0.2, 0.25) is 11.8 Å². The Kier molecular flexibility index (Phi) is 4.55. The van der Waals surface area contributed by atoms with Gasteiger partial charge < -0.3 is 10.2 Å². The molecule has 0 spiro atoms. The van der Waals surface area contributed by atoms with Crippen LogP contribution in [0.2, 0.25) is 10.0 Å². The first-order chi connectivity index (χ1) is 9.38. The van der Waals surface area contributed by atoms with Crippen molar-refractivity contribution in [2.45, 2.75) is 26.3 Å². The highest BCUT2D eigenvalue weighted by Crippen LogP contribution is 2.28. The number of hydrogen-bond acceptors (Lipinski definition) is 2. The fourth-order valence-electron chi connectivity index (χ4n) is 2.21. The third-order valence-corrected chi connectivity index (χ3v) is 3.86. The molecule has 1 atom stereocenters. The molecule has 1 fully saturated rings. The van der Waals surface area contributed by atoms with Gasteiger partial charge in [0, 0.05) is 5.69 Å². The summed E-state index contributed by atoms with van der Waals surface area (Å²) in [5.74, 6) is 0.0380. The fraction of sp³-hybridized carbons (Fsp3) is 0.429. The SMILES string of the molecule is CC(C)CC1NC(=O)CN(c2ccc(Cl)c(Cl)c2)C1=O. The molecule has 0 aromatic heterocycles. The summed E-state index contributed by atoms with van der Waals surface area (Å²) in [4.78, 5) is 25.7. The van der Waals surface area contributed by atoms with Crippen LogP contribution in [0.4, 0.5) is 5.69 Å². The van der Waals surface area contributed by atoms with Gasteiger partial charge in [-0.25, -0.2) is 0 Å². The average Bonchev–Trinajstić information content (AvgIpc) is 2.36. The van der Waals surface area contributed by atoms with E-state index in [1.165, 1.54) is 4.90 Å². The zero-order valence-electron chi connectivity index (χ0n) is 11.3. The number of halogens is 2. The smallest absolute Gasteiger partial charge is 0.250 e. The van der Waals surface area contributed by atoms with Crippen molar-refractivity contribution in [3.05, 3.63) is 28.2 Å². The van der Waals surface area contributed by atoms with E-state index < -0.39 is 6.04 Å². The van der Waals surface area contributed by atoms with Crippen LogP contribution in [0.1, 0.15) is 20.3 Å². The topological polar surface area (TPSA) is 49.4 Å². The van der Waals surface area contributed by atoms with E-state index >= 15 is 0 Å². The molecule has 0 bridgehead atoms. The monoisotopic (exact) mass is 314 g/mol. The van der Waals surface area contributed by atoms with Gasteiger partial charge in [0.05, 0.1) is 10.0 Å². The molecule has 1 aromatic carbocycles. The Hall–Kier alpha value is -1.26. The van der Waals surface area contributed by atoms with Crippen molar-refractivity contribution in [1.29, 1.82) is 0 Å². The molecule has 2 rings (SSSR count). The highest BCUT2D eigenvalue weighted by atomic mass is 35.5. The minimum atomic E-state index is -0.481. The number of nitrogens with one attached hydrogen (secondary N) is 1. The molecule has 20 heavy (non-hydrogen) atoms. The van der Waals surface area contributed by atoms with Crippen LogP contribution in [0.15, 0.2) is 18.2 Å². The quantitative estimate of drug-likeness (QED) is 0.932. The maximum Gasteiger partial charge on any atom is 0.250 e. The summed E-state index contributed by atoms with van der Waals surface area (Å²) < 4.78 is 0. The highest BCUT2D eigenvalue weighted by Gasteiger charge is 2.33. The van der Waals surface area contributed by atoms with Gasteiger partial charge in [0.15, 0.2) is 0 Å². The second kappa shape index (κ2) is 6.02. The standard InChI is InChI=1S/C14H16Cl2N2O2/c1-8(2)5-12-14(20)18(7-13(19)17-12)9-3-4-10(15)11(16)6-9/h3-4,6,8,12H,5,7H2,1-2H3,(H,17,19). The minimum absolute atomic E-state index is 0.00535. The zero-order chi connectivity index (χ0) is 14.9. The second-order valence-corrected chi connectivity index (χ2v) is 6.09. The minimum Gasteiger partial charge on any atom is -0.343 e. The van der Waals surface area contributed by atoms with Crippen molar-refractivity contribution in [2.24, 2.45) is 5.92 Å². The Labute approximate surface area is 128 Å². The lowest BCUT2D eigenvalue weighted by atomic mass is 10.0. The van der Waals surface area contributed by atoms with Crippen molar-refractivity contribution in [3.8, 4) is 0 Å². The van der Waals surface area contributed by atoms with E-state index in [0.717, 1.165) is 0 Å². The van der Waals surface area contributed by atoms with Crippen molar-refractivity contribution in [3.63, 3.8) is 0 Å². The summed E-state index contributed by atoms with van der Waals surface area (Å²) >= 11 is 11.8. The van der Waals surface area contributed by atoms with Crippen molar-refractivity contribution in [2.75, 3.05) is 11.4 Å². The van der Waals surface area contributed by atoms with Crippen LogP contribution in [-0.4, -0.2) is 24.4 Å². The summed E-state index contributed by atoms with van der Waals surface area (Å²) in [6, 6.07) is 4.44. The maximum atomic E-state index is 12.4. The predicted molar refractivity (Wildman–Crippen MR) is 80.2 cm³/mol. The van der Waals surface area contributed by atoms with Gasteiger partial charge in [-0.1, -0.05) is 37.0 Å². The molecule has 1 aliphatic heterocycles. The summed E-state index contributed by atoms with van der Waals surface area (Å²) in [6.07, 6.45) is 0.613. The molecule has 6 heteroatoms. The van der Waals surface area contributed by atoms with Gasteiger partial charge in [-0.3, -0.25) is 9.59 Å². The molecule has 1 aromatic rings. The van der Waals surface area contributed by atoms with E-state index in [9.17, 15) is 9.59 Å². The van der Waals surface area contributed by atoms with Crippen molar-refractivity contribution < 1.29 is 9.59 Å². The van der Waals surface area contributed by atoms with E-state index in [0.29, 0.717) is 28.1 Å². The van der Waals surface area contributed by atoms with Crippen LogP contribution in [0.3, 0.4) is 0 Å². The summed E-state index contributed by atoms with van der Waals surface area (Å²) in [5.41, 5.74) is 0.591. The van der Waals surface area contributed by atoms with E-state index in [2.05, 4.69) is 5.32 Å². The number of anilines is 1. The molecule has 0 aliphatic carbocycles.